The molecule has 0 N–H and O–H groups in total. The predicted octanol–water partition coefficient (Wildman–Crippen LogP) is 1.73. The molecule has 0 aromatic heterocycles. The molecule has 0 radical (unpaired) electrons. The molecule has 0 spiro atoms. The molecule has 0 fully saturated rings. The number of hydrogen-bond acceptors (Lipinski definition) is 4. The van der Waals surface area contributed by atoms with Gasteiger partial charge in [0.1, 0.15) is 5.17 Å². The fraction of sp³-hybridized carbons (Fsp3) is 0.875. The van der Waals surface area contributed by atoms with Gasteiger partial charge in [-0.15, -0.1) is 0 Å². The molecule has 1 aliphatic rings. The maximum Gasteiger partial charge on any atom is 0.197 e. The van der Waals surface area contributed by atoms with Crippen LogP contribution in [-0.2, 0) is 14.3 Å². The second kappa shape index (κ2) is 5.42. The Hall–Kier alpha value is -0.320. The first-order chi connectivity index (χ1) is 6.27. The summed E-state index contributed by atoms with van der Waals surface area (Å²) in [4.78, 5) is 5.04. The van der Waals surface area contributed by atoms with Crippen molar-refractivity contribution in [2.45, 2.75) is 32.7 Å². The van der Waals surface area contributed by atoms with Gasteiger partial charge in [0.25, 0.3) is 0 Å². The number of oxime groups is 1. The second-order valence-corrected chi connectivity index (χ2v) is 3.03. The van der Waals surface area contributed by atoms with Crippen molar-refractivity contribution in [3.05, 3.63) is 0 Å². The lowest BCUT2D eigenvalue weighted by atomic mass is 10.2. The van der Waals surface area contributed by atoms with E-state index in [0.29, 0.717) is 24.8 Å². The maximum absolute atomic E-state index is 5.67. The highest BCUT2D eigenvalue weighted by atomic mass is 35.5. The molecule has 4 nitrogen and oxygen atoms in total. The first-order valence-corrected chi connectivity index (χ1v) is 4.77. The van der Waals surface area contributed by atoms with Gasteiger partial charge >= 0.3 is 0 Å². The van der Waals surface area contributed by atoms with E-state index < -0.39 is 0 Å². The van der Waals surface area contributed by atoms with Crippen molar-refractivity contribution < 1.29 is 14.3 Å². The highest BCUT2D eigenvalue weighted by molar-refractivity contribution is 6.65. The molecular weight excluding hydrogens is 194 g/mol. The largest absolute Gasteiger partial charge is 0.386 e. The van der Waals surface area contributed by atoms with E-state index in [1.165, 1.54) is 0 Å². The van der Waals surface area contributed by atoms with Crippen LogP contribution in [0.3, 0.4) is 0 Å². The number of hydrogen-bond donors (Lipinski definition) is 0. The van der Waals surface area contributed by atoms with Crippen LogP contribution in [0.25, 0.3) is 0 Å². The van der Waals surface area contributed by atoms with Crippen LogP contribution in [0.1, 0.15) is 20.3 Å². The highest BCUT2D eigenvalue weighted by Crippen LogP contribution is 2.19. The van der Waals surface area contributed by atoms with Gasteiger partial charge in [0.05, 0.1) is 0 Å². The molecule has 0 aliphatic carbocycles. The molecule has 0 bridgehead atoms. The number of halogens is 1. The third-order valence-corrected chi connectivity index (χ3v) is 1.85. The molecule has 0 saturated carbocycles. The van der Waals surface area contributed by atoms with Crippen LogP contribution in [0.5, 0.6) is 0 Å². The Kier molecular flexibility index (Phi) is 4.48. The zero-order chi connectivity index (χ0) is 9.68. The molecule has 0 aromatic rings. The van der Waals surface area contributed by atoms with Crippen LogP contribution >= 0.6 is 11.6 Å². The Morgan fingerprint density at radius 1 is 1.54 bits per heavy atom. The van der Waals surface area contributed by atoms with E-state index in [2.05, 4.69) is 5.16 Å². The van der Waals surface area contributed by atoms with Crippen molar-refractivity contribution in [1.29, 1.82) is 0 Å². The Morgan fingerprint density at radius 2 is 2.15 bits per heavy atom. The van der Waals surface area contributed by atoms with Crippen molar-refractivity contribution in [2.24, 2.45) is 5.16 Å². The third kappa shape index (κ3) is 3.14. The van der Waals surface area contributed by atoms with E-state index in [0.717, 1.165) is 0 Å². The molecule has 1 heterocycles. The number of nitrogens with zero attached hydrogens (tertiary/aromatic N) is 1. The van der Waals surface area contributed by atoms with Gasteiger partial charge in [-0.05, 0) is 13.8 Å². The summed E-state index contributed by atoms with van der Waals surface area (Å²) in [7, 11) is 0. The van der Waals surface area contributed by atoms with E-state index >= 15 is 0 Å². The fourth-order valence-electron chi connectivity index (χ4n) is 1.10. The Labute approximate surface area is 82.8 Å². The summed E-state index contributed by atoms with van der Waals surface area (Å²) in [5.41, 5.74) is 0. The molecule has 1 rings (SSSR count). The first-order valence-electron chi connectivity index (χ1n) is 4.39. The molecule has 1 atom stereocenters. The summed E-state index contributed by atoms with van der Waals surface area (Å²) in [6, 6.07) is 0. The topological polar surface area (TPSA) is 40.0 Å². The van der Waals surface area contributed by atoms with Crippen LogP contribution < -0.4 is 0 Å². The van der Waals surface area contributed by atoms with Crippen molar-refractivity contribution >= 4 is 16.8 Å². The standard InChI is InChI=1S/C8H14ClNO3/c1-3-11-8(12-4-2)6-5-7(9)10-13-6/h6,8H,3-5H2,1-2H3. The van der Waals surface area contributed by atoms with Gasteiger partial charge in [0.15, 0.2) is 12.4 Å². The SMILES string of the molecule is CCOC(OCC)C1CC(Cl)=NO1. The average molecular weight is 208 g/mol. The lowest BCUT2D eigenvalue weighted by Crippen LogP contribution is -2.31. The summed E-state index contributed by atoms with van der Waals surface area (Å²) in [5, 5.41) is 4.09. The Bertz CT molecular complexity index is 180. The van der Waals surface area contributed by atoms with Crippen molar-refractivity contribution in [1.82, 2.24) is 0 Å². The monoisotopic (exact) mass is 207 g/mol. The average Bonchev–Trinajstić information content (AvgIpc) is 2.51. The molecule has 0 saturated heterocycles. The normalized spacial score (nSPS) is 21.8. The van der Waals surface area contributed by atoms with Gasteiger partial charge in [0.2, 0.25) is 0 Å². The lowest BCUT2D eigenvalue weighted by Gasteiger charge is -2.20. The lowest BCUT2D eigenvalue weighted by molar-refractivity contribution is -0.196. The maximum atomic E-state index is 5.67. The van der Waals surface area contributed by atoms with E-state index in [4.69, 9.17) is 25.9 Å². The summed E-state index contributed by atoms with van der Waals surface area (Å²) < 4.78 is 10.7. The van der Waals surface area contributed by atoms with Crippen molar-refractivity contribution in [2.75, 3.05) is 13.2 Å². The van der Waals surface area contributed by atoms with Gasteiger partial charge in [-0.3, -0.25) is 0 Å². The minimum atomic E-state index is -0.366. The van der Waals surface area contributed by atoms with Crippen LogP contribution in [-0.4, -0.2) is 30.8 Å². The quantitative estimate of drug-likeness (QED) is 0.645. The van der Waals surface area contributed by atoms with E-state index in [1.807, 2.05) is 13.8 Å². The predicted molar refractivity (Wildman–Crippen MR) is 49.8 cm³/mol. The van der Waals surface area contributed by atoms with E-state index in [1.54, 1.807) is 0 Å². The minimum absolute atomic E-state index is 0.201. The number of ether oxygens (including phenoxy) is 2. The third-order valence-electron chi connectivity index (χ3n) is 1.62. The first kappa shape index (κ1) is 10.8. The van der Waals surface area contributed by atoms with Gasteiger partial charge in [0, 0.05) is 19.6 Å². The summed E-state index contributed by atoms with van der Waals surface area (Å²) in [5.74, 6) is 0. The summed E-state index contributed by atoms with van der Waals surface area (Å²) in [6.45, 7) is 4.98. The molecular formula is C8H14ClNO3. The van der Waals surface area contributed by atoms with Crippen LogP contribution in [0.4, 0.5) is 0 Å². The fourth-order valence-corrected chi connectivity index (χ4v) is 1.29. The van der Waals surface area contributed by atoms with E-state index in [9.17, 15) is 0 Å². The van der Waals surface area contributed by atoms with Crippen LogP contribution in [0.2, 0.25) is 0 Å². The Morgan fingerprint density at radius 3 is 2.54 bits per heavy atom. The molecule has 1 aliphatic heterocycles. The smallest absolute Gasteiger partial charge is 0.197 e. The number of rotatable bonds is 5. The molecule has 0 amide bonds. The highest BCUT2D eigenvalue weighted by Gasteiger charge is 2.29. The van der Waals surface area contributed by atoms with Crippen molar-refractivity contribution in [3.63, 3.8) is 0 Å². The van der Waals surface area contributed by atoms with Crippen molar-refractivity contribution in [3.8, 4) is 0 Å². The van der Waals surface area contributed by atoms with Gasteiger partial charge in [-0.1, -0.05) is 16.8 Å². The zero-order valence-electron chi connectivity index (χ0n) is 7.83. The van der Waals surface area contributed by atoms with Gasteiger partial charge in [-0.2, -0.15) is 0 Å². The molecule has 0 aromatic carbocycles. The molecule has 1 unspecified atom stereocenters. The molecule has 5 heteroatoms. The van der Waals surface area contributed by atoms with Crippen LogP contribution in [0.15, 0.2) is 5.16 Å². The van der Waals surface area contributed by atoms with Crippen LogP contribution in [0, 0.1) is 0 Å². The Balaban J connectivity index is 2.37. The zero-order valence-corrected chi connectivity index (χ0v) is 8.58. The summed E-state index contributed by atoms with van der Waals surface area (Å²) >= 11 is 5.67. The second-order valence-electron chi connectivity index (χ2n) is 2.59. The summed E-state index contributed by atoms with van der Waals surface area (Å²) in [6.07, 6.45) is -0.00549. The molecule has 76 valence electrons. The minimum Gasteiger partial charge on any atom is -0.386 e. The van der Waals surface area contributed by atoms with Gasteiger partial charge < -0.3 is 14.3 Å². The van der Waals surface area contributed by atoms with Gasteiger partial charge in [-0.25, -0.2) is 0 Å². The molecule has 13 heavy (non-hydrogen) atoms. The van der Waals surface area contributed by atoms with E-state index in [-0.39, 0.29) is 12.4 Å².